The van der Waals surface area contributed by atoms with Crippen LogP contribution in [0, 0.1) is 20.8 Å². The highest BCUT2D eigenvalue weighted by atomic mass is 16.6. The van der Waals surface area contributed by atoms with E-state index in [2.05, 4.69) is 32.9 Å². The van der Waals surface area contributed by atoms with Gasteiger partial charge >= 0.3 is 0 Å². The first kappa shape index (κ1) is 10.3. The summed E-state index contributed by atoms with van der Waals surface area (Å²) in [7, 11) is 0. The maximum Gasteiger partial charge on any atom is 0.114 e. The molecule has 2 heterocycles. The first-order valence-corrected chi connectivity index (χ1v) is 6.01. The lowest BCUT2D eigenvalue weighted by atomic mass is 9.87. The summed E-state index contributed by atoms with van der Waals surface area (Å²) in [6, 6.07) is 4.46. The molecule has 0 N–H and O–H groups in total. The molecule has 0 aromatic heterocycles. The van der Waals surface area contributed by atoms with Gasteiger partial charge in [0.1, 0.15) is 12.2 Å². The predicted molar refractivity (Wildman–Crippen MR) is 62.6 cm³/mol. The van der Waals surface area contributed by atoms with Gasteiger partial charge in [0.25, 0.3) is 0 Å². The quantitative estimate of drug-likeness (QED) is 0.721. The van der Waals surface area contributed by atoms with Crippen LogP contribution in [0.4, 0.5) is 0 Å². The number of ether oxygens (including phenoxy) is 2. The average molecular weight is 218 g/mol. The van der Waals surface area contributed by atoms with Crippen LogP contribution in [-0.2, 0) is 9.47 Å². The standard InChI is InChI=1S/C14H18O2/c1-8-6-9(2)12(10(3)7-8)14-13-11(16-14)4-5-15-13/h6-7,11,13-14H,4-5H2,1-3H3/t11-,13+,14+/m1/s1. The SMILES string of the molecule is Cc1cc(C)c([C@@H]2O[C@@H]3CCO[C@@H]32)c(C)c1. The molecule has 0 spiro atoms. The number of benzene rings is 1. The highest BCUT2D eigenvalue weighted by Crippen LogP contribution is 2.44. The smallest absolute Gasteiger partial charge is 0.114 e. The molecule has 3 rings (SSSR count). The molecule has 0 unspecified atom stereocenters. The Morgan fingerprint density at radius 1 is 1.12 bits per heavy atom. The maximum absolute atomic E-state index is 5.93. The maximum atomic E-state index is 5.93. The molecular weight excluding hydrogens is 200 g/mol. The van der Waals surface area contributed by atoms with Crippen molar-refractivity contribution in [1.82, 2.24) is 0 Å². The highest BCUT2D eigenvalue weighted by Gasteiger charge is 2.48. The van der Waals surface area contributed by atoms with Crippen LogP contribution in [0.25, 0.3) is 0 Å². The second kappa shape index (κ2) is 3.57. The van der Waals surface area contributed by atoms with Crippen molar-refractivity contribution < 1.29 is 9.47 Å². The van der Waals surface area contributed by atoms with Gasteiger partial charge in [-0.05, 0) is 43.9 Å². The first-order chi connectivity index (χ1) is 7.66. The van der Waals surface area contributed by atoms with Crippen LogP contribution in [0.3, 0.4) is 0 Å². The number of hydrogen-bond donors (Lipinski definition) is 0. The first-order valence-electron chi connectivity index (χ1n) is 6.01. The van der Waals surface area contributed by atoms with E-state index in [4.69, 9.17) is 9.47 Å². The van der Waals surface area contributed by atoms with Gasteiger partial charge in [-0.2, -0.15) is 0 Å². The van der Waals surface area contributed by atoms with Gasteiger partial charge in [0.15, 0.2) is 0 Å². The van der Waals surface area contributed by atoms with Crippen LogP contribution < -0.4 is 0 Å². The topological polar surface area (TPSA) is 18.5 Å². The van der Waals surface area contributed by atoms with Crippen molar-refractivity contribution >= 4 is 0 Å². The van der Waals surface area contributed by atoms with Gasteiger partial charge in [0.2, 0.25) is 0 Å². The Hall–Kier alpha value is -0.860. The molecule has 86 valence electrons. The molecule has 2 saturated heterocycles. The van der Waals surface area contributed by atoms with E-state index in [1.807, 2.05) is 0 Å². The zero-order valence-electron chi connectivity index (χ0n) is 10.1. The third kappa shape index (κ3) is 1.40. The lowest BCUT2D eigenvalue weighted by molar-refractivity contribution is -0.202. The van der Waals surface area contributed by atoms with E-state index in [1.165, 1.54) is 22.3 Å². The van der Waals surface area contributed by atoms with Crippen LogP contribution in [0.5, 0.6) is 0 Å². The van der Waals surface area contributed by atoms with Gasteiger partial charge in [-0.1, -0.05) is 17.7 Å². The molecule has 2 fully saturated rings. The molecule has 0 radical (unpaired) electrons. The fourth-order valence-corrected chi connectivity index (χ4v) is 3.07. The van der Waals surface area contributed by atoms with E-state index >= 15 is 0 Å². The summed E-state index contributed by atoms with van der Waals surface area (Å²) >= 11 is 0. The largest absolute Gasteiger partial charge is 0.372 e. The fourth-order valence-electron chi connectivity index (χ4n) is 3.07. The minimum atomic E-state index is 0.174. The minimum Gasteiger partial charge on any atom is -0.372 e. The molecule has 2 aliphatic heterocycles. The van der Waals surface area contributed by atoms with Gasteiger partial charge < -0.3 is 9.47 Å². The fraction of sp³-hybridized carbons (Fsp3) is 0.571. The summed E-state index contributed by atoms with van der Waals surface area (Å²) < 4.78 is 11.7. The zero-order valence-corrected chi connectivity index (χ0v) is 10.1. The molecule has 2 aliphatic rings. The molecule has 0 bridgehead atoms. The lowest BCUT2D eigenvalue weighted by Crippen LogP contribution is -2.45. The molecule has 2 heteroatoms. The van der Waals surface area contributed by atoms with Crippen molar-refractivity contribution in [2.24, 2.45) is 0 Å². The second-order valence-corrected chi connectivity index (χ2v) is 5.03. The number of rotatable bonds is 1. The van der Waals surface area contributed by atoms with E-state index < -0.39 is 0 Å². The van der Waals surface area contributed by atoms with Gasteiger partial charge in [0.05, 0.1) is 6.10 Å². The number of hydrogen-bond acceptors (Lipinski definition) is 2. The van der Waals surface area contributed by atoms with E-state index in [1.54, 1.807) is 0 Å². The van der Waals surface area contributed by atoms with E-state index in [0.29, 0.717) is 12.2 Å². The molecule has 2 nitrogen and oxygen atoms in total. The predicted octanol–water partition coefficient (Wildman–Crippen LogP) is 2.84. The molecule has 0 aliphatic carbocycles. The molecule has 0 amide bonds. The molecular formula is C14H18O2. The van der Waals surface area contributed by atoms with Crippen LogP contribution in [0.15, 0.2) is 12.1 Å². The Kier molecular flexibility index (Phi) is 2.30. The summed E-state index contributed by atoms with van der Waals surface area (Å²) in [6.45, 7) is 7.33. The van der Waals surface area contributed by atoms with Crippen molar-refractivity contribution in [3.63, 3.8) is 0 Å². The lowest BCUT2D eigenvalue weighted by Gasteiger charge is -2.41. The van der Waals surface area contributed by atoms with Crippen LogP contribution in [0.2, 0.25) is 0 Å². The Bertz CT molecular complexity index is 402. The van der Waals surface area contributed by atoms with Gasteiger partial charge in [-0.25, -0.2) is 0 Å². The van der Waals surface area contributed by atoms with Crippen molar-refractivity contribution in [1.29, 1.82) is 0 Å². The second-order valence-electron chi connectivity index (χ2n) is 5.03. The van der Waals surface area contributed by atoms with Crippen molar-refractivity contribution in [3.8, 4) is 0 Å². The van der Waals surface area contributed by atoms with Crippen molar-refractivity contribution in [2.75, 3.05) is 6.61 Å². The van der Waals surface area contributed by atoms with Crippen molar-refractivity contribution in [2.45, 2.75) is 45.5 Å². The minimum absolute atomic E-state index is 0.174. The number of fused-ring (bicyclic) bond motifs is 1. The Morgan fingerprint density at radius 3 is 2.44 bits per heavy atom. The molecule has 1 aromatic rings. The number of aryl methyl sites for hydroxylation is 3. The Labute approximate surface area is 96.6 Å². The van der Waals surface area contributed by atoms with E-state index in [9.17, 15) is 0 Å². The molecule has 0 saturated carbocycles. The van der Waals surface area contributed by atoms with Gasteiger partial charge in [-0.15, -0.1) is 0 Å². The van der Waals surface area contributed by atoms with Crippen LogP contribution in [-0.4, -0.2) is 18.8 Å². The summed E-state index contributed by atoms with van der Waals surface area (Å²) in [6.07, 6.45) is 1.89. The molecule has 3 atom stereocenters. The zero-order chi connectivity index (χ0) is 11.3. The normalized spacial score (nSPS) is 32.3. The highest BCUT2D eigenvalue weighted by molar-refractivity contribution is 5.40. The summed E-state index contributed by atoms with van der Waals surface area (Å²) in [5, 5.41) is 0. The Balaban J connectivity index is 1.95. The summed E-state index contributed by atoms with van der Waals surface area (Å²) in [5.74, 6) is 0. The van der Waals surface area contributed by atoms with Crippen LogP contribution in [0.1, 0.15) is 34.8 Å². The third-order valence-electron chi connectivity index (χ3n) is 3.72. The van der Waals surface area contributed by atoms with Crippen LogP contribution >= 0.6 is 0 Å². The molecule has 1 aromatic carbocycles. The third-order valence-corrected chi connectivity index (χ3v) is 3.72. The van der Waals surface area contributed by atoms with Gasteiger partial charge in [0, 0.05) is 6.61 Å². The van der Waals surface area contributed by atoms with Crippen molar-refractivity contribution in [3.05, 3.63) is 34.4 Å². The van der Waals surface area contributed by atoms with E-state index in [0.717, 1.165) is 13.0 Å². The summed E-state index contributed by atoms with van der Waals surface area (Å²) in [4.78, 5) is 0. The Morgan fingerprint density at radius 2 is 1.81 bits per heavy atom. The van der Waals surface area contributed by atoms with Gasteiger partial charge in [-0.3, -0.25) is 0 Å². The molecule has 16 heavy (non-hydrogen) atoms. The summed E-state index contributed by atoms with van der Waals surface area (Å²) in [5.41, 5.74) is 5.32. The monoisotopic (exact) mass is 218 g/mol. The van der Waals surface area contributed by atoms with E-state index in [-0.39, 0.29) is 6.10 Å². The average Bonchev–Trinajstić information content (AvgIpc) is 2.52.